The van der Waals surface area contributed by atoms with Crippen LogP contribution in [-0.4, -0.2) is 27.8 Å². The quantitative estimate of drug-likeness (QED) is 0.707. The average molecular weight is 350 g/mol. The zero-order chi connectivity index (χ0) is 17.2. The fraction of sp³-hybridized carbons (Fsp3) is 0.167. The van der Waals surface area contributed by atoms with Crippen LogP contribution in [-0.2, 0) is 14.5 Å². The normalized spacial score (nSPS) is 22.0. The molecule has 2 N–H and O–H groups in total. The standard InChI is InChI=1S/C18H14N4O2S/c1-10-2-4-15-13(6-10)18(17(24)20-15)22(16(23)9-25-18)12-3-5-14-11(7-12)8-19-21-14/h2-8H,9H2,1H3,(H,19,21)(H,20,24). The molecule has 5 rings (SSSR count). The molecule has 2 aromatic carbocycles. The molecule has 0 aliphatic carbocycles. The van der Waals surface area contributed by atoms with E-state index in [0.717, 1.165) is 27.7 Å². The lowest BCUT2D eigenvalue weighted by molar-refractivity contribution is -0.122. The summed E-state index contributed by atoms with van der Waals surface area (Å²) in [6.07, 6.45) is 1.71. The smallest absolute Gasteiger partial charge is 0.266 e. The van der Waals surface area contributed by atoms with E-state index in [0.29, 0.717) is 5.69 Å². The van der Waals surface area contributed by atoms with E-state index in [1.165, 1.54) is 11.8 Å². The molecule has 2 aliphatic heterocycles. The van der Waals surface area contributed by atoms with Crippen LogP contribution >= 0.6 is 11.8 Å². The second kappa shape index (κ2) is 4.86. The van der Waals surface area contributed by atoms with Crippen LogP contribution in [0.2, 0.25) is 0 Å². The van der Waals surface area contributed by atoms with E-state index in [1.807, 2.05) is 43.3 Å². The lowest BCUT2D eigenvalue weighted by Gasteiger charge is -2.32. The van der Waals surface area contributed by atoms with E-state index in [4.69, 9.17) is 0 Å². The molecule has 25 heavy (non-hydrogen) atoms. The molecule has 3 heterocycles. The molecule has 1 atom stereocenters. The minimum Gasteiger partial charge on any atom is -0.323 e. The number of aromatic amines is 1. The van der Waals surface area contributed by atoms with Gasteiger partial charge in [0.1, 0.15) is 0 Å². The monoisotopic (exact) mass is 350 g/mol. The summed E-state index contributed by atoms with van der Waals surface area (Å²) in [6.45, 7) is 1.99. The summed E-state index contributed by atoms with van der Waals surface area (Å²) in [5.41, 5.74) is 4.27. The average Bonchev–Trinajstić information content (AvgIpc) is 3.26. The predicted octanol–water partition coefficient (Wildman–Crippen LogP) is 2.76. The Morgan fingerprint density at radius 1 is 1.20 bits per heavy atom. The van der Waals surface area contributed by atoms with Gasteiger partial charge in [-0.1, -0.05) is 17.7 Å². The number of benzene rings is 2. The number of carbonyl (C=O) groups is 2. The van der Waals surface area contributed by atoms with Gasteiger partial charge in [-0.15, -0.1) is 11.8 Å². The molecular formula is C18H14N4O2S. The van der Waals surface area contributed by atoms with Crippen molar-refractivity contribution in [2.45, 2.75) is 11.8 Å². The fourth-order valence-corrected chi connectivity index (χ4v) is 4.91. The van der Waals surface area contributed by atoms with Crippen molar-refractivity contribution in [2.24, 2.45) is 0 Å². The Morgan fingerprint density at radius 2 is 2.08 bits per heavy atom. The van der Waals surface area contributed by atoms with Gasteiger partial charge >= 0.3 is 0 Å². The Balaban J connectivity index is 1.74. The molecule has 2 aliphatic rings. The van der Waals surface area contributed by atoms with Gasteiger partial charge < -0.3 is 5.32 Å². The van der Waals surface area contributed by atoms with Gasteiger partial charge in [0.2, 0.25) is 10.8 Å². The van der Waals surface area contributed by atoms with Crippen molar-refractivity contribution in [1.82, 2.24) is 10.2 Å². The van der Waals surface area contributed by atoms with E-state index in [-0.39, 0.29) is 17.6 Å². The van der Waals surface area contributed by atoms with Crippen LogP contribution < -0.4 is 10.2 Å². The number of fused-ring (bicyclic) bond motifs is 3. The molecule has 124 valence electrons. The Bertz CT molecular complexity index is 1060. The second-order valence-corrected chi connectivity index (χ2v) is 7.47. The third kappa shape index (κ3) is 1.84. The Morgan fingerprint density at radius 3 is 2.96 bits per heavy atom. The zero-order valence-electron chi connectivity index (χ0n) is 13.4. The van der Waals surface area contributed by atoms with Crippen LogP contribution in [0.5, 0.6) is 0 Å². The SMILES string of the molecule is Cc1ccc2c(c1)C1(SCC(=O)N1c1ccc3[nH]ncc3c1)C(=O)N2. The molecule has 0 saturated carbocycles. The summed E-state index contributed by atoms with van der Waals surface area (Å²) < 4.78 is 0. The molecule has 1 spiro atoms. The molecule has 1 unspecified atom stereocenters. The van der Waals surface area contributed by atoms with E-state index in [1.54, 1.807) is 11.1 Å². The van der Waals surface area contributed by atoms with Crippen molar-refractivity contribution in [2.75, 3.05) is 16.0 Å². The first-order valence-corrected chi connectivity index (χ1v) is 8.91. The van der Waals surface area contributed by atoms with Gasteiger partial charge in [-0.3, -0.25) is 19.6 Å². The summed E-state index contributed by atoms with van der Waals surface area (Å²) >= 11 is 1.37. The van der Waals surface area contributed by atoms with Crippen molar-refractivity contribution >= 4 is 45.9 Å². The number of aryl methyl sites for hydroxylation is 1. The van der Waals surface area contributed by atoms with Gasteiger partial charge in [0.05, 0.1) is 17.5 Å². The number of rotatable bonds is 1. The molecule has 7 heteroatoms. The molecule has 1 saturated heterocycles. The maximum atomic E-state index is 13.0. The number of carbonyl (C=O) groups excluding carboxylic acids is 2. The Hall–Kier alpha value is -2.80. The van der Waals surface area contributed by atoms with Crippen LogP contribution in [0.4, 0.5) is 11.4 Å². The highest BCUT2D eigenvalue weighted by Crippen LogP contribution is 2.53. The maximum absolute atomic E-state index is 13.0. The molecular weight excluding hydrogens is 336 g/mol. The molecule has 1 fully saturated rings. The number of nitrogens with zero attached hydrogens (tertiary/aromatic N) is 2. The van der Waals surface area contributed by atoms with E-state index < -0.39 is 4.87 Å². The zero-order valence-corrected chi connectivity index (χ0v) is 14.2. The number of hydrogen-bond acceptors (Lipinski definition) is 4. The summed E-state index contributed by atoms with van der Waals surface area (Å²) in [5, 5.41) is 10.8. The van der Waals surface area contributed by atoms with Crippen molar-refractivity contribution in [3.05, 3.63) is 53.7 Å². The van der Waals surface area contributed by atoms with Crippen molar-refractivity contribution < 1.29 is 9.59 Å². The van der Waals surface area contributed by atoms with Crippen LogP contribution in [0, 0.1) is 6.92 Å². The van der Waals surface area contributed by atoms with Crippen LogP contribution in [0.1, 0.15) is 11.1 Å². The summed E-state index contributed by atoms with van der Waals surface area (Å²) in [6, 6.07) is 11.5. The number of nitrogens with one attached hydrogen (secondary N) is 2. The van der Waals surface area contributed by atoms with E-state index in [9.17, 15) is 9.59 Å². The number of aromatic nitrogens is 2. The van der Waals surface area contributed by atoms with Gasteiger partial charge in [0.15, 0.2) is 0 Å². The van der Waals surface area contributed by atoms with Crippen LogP contribution in [0.3, 0.4) is 0 Å². The number of H-pyrrole nitrogens is 1. The van der Waals surface area contributed by atoms with Gasteiger partial charge in [-0.2, -0.15) is 5.10 Å². The summed E-state index contributed by atoms with van der Waals surface area (Å²) in [7, 11) is 0. The molecule has 0 radical (unpaired) electrons. The first kappa shape index (κ1) is 14.5. The van der Waals surface area contributed by atoms with Gasteiger partial charge in [0.25, 0.3) is 5.91 Å². The number of anilines is 2. The van der Waals surface area contributed by atoms with Gasteiger partial charge in [0, 0.05) is 22.3 Å². The van der Waals surface area contributed by atoms with Crippen LogP contribution in [0.25, 0.3) is 10.9 Å². The van der Waals surface area contributed by atoms with Crippen molar-refractivity contribution in [3.8, 4) is 0 Å². The topological polar surface area (TPSA) is 78.1 Å². The highest BCUT2D eigenvalue weighted by Gasteiger charge is 2.58. The van der Waals surface area contributed by atoms with Crippen molar-refractivity contribution in [3.63, 3.8) is 0 Å². The number of thioether (sulfide) groups is 1. The molecule has 2 amide bonds. The van der Waals surface area contributed by atoms with Crippen LogP contribution in [0.15, 0.2) is 42.6 Å². The molecule has 6 nitrogen and oxygen atoms in total. The van der Waals surface area contributed by atoms with Crippen molar-refractivity contribution in [1.29, 1.82) is 0 Å². The second-order valence-electron chi connectivity index (χ2n) is 6.31. The largest absolute Gasteiger partial charge is 0.323 e. The Kier molecular flexibility index (Phi) is 2.82. The third-order valence-corrected chi connectivity index (χ3v) is 6.14. The van der Waals surface area contributed by atoms with E-state index in [2.05, 4.69) is 15.5 Å². The minimum atomic E-state index is -1.05. The minimum absolute atomic E-state index is 0.0719. The summed E-state index contributed by atoms with van der Waals surface area (Å²) in [4.78, 5) is 26.3. The molecule has 1 aromatic heterocycles. The first-order valence-electron chi connectivity index (χ1n) is 7.92. The Labute approximate surface area is 147 Å². The number of hydrogen-bond donors (Lipinski definition) is 2. The highest BCUT2D eigenvalue weighted by molar-refractivity contribution is 8.02. The predicted molar refractivity (Wildman–Crippen MR) is 97.5 cm³/mol. The lowest BCUT2D eigenvalue weighted by atomic mass is 10.0. The van der Waals surface area contributed by atoms with Gasteiger partial charge in [-0.05, 0) is 31.2 Å². The summed E-state index contributed by atoms with van der Waals surface area (Å²) in [5.74, 6) is 0.0260. The third-order valence-electron chi connectivity index (χ3n) is 4.75. The first-order chi connectivity index (χ1) is 12.1. The van der Waals surface area contributed by atoms with E-state index >= 15 is 0 Å². The molecule has 0 bridgehead atoms. The number of amides is 2. The lowest BCUT2D eigenvalue weighted by Crippen LogP contribution is -2.47. The van der Waals surface area contributed by atoms with Gasteiger partial charge in [-0.25, -0.2) is 0 Å². The molecule has 3 aromatic rings. The highest BCUT2D eigenvalue weighted by atomic mass is 32.2. The fourth-order valence-electron chi connectivity index (χ4n) is 3.61. The maximum Gasteiger partial charge on any atom is 0.266 e.